The minimum atomic E-state index is -0.597. The Hall–Kier alpha value is -3.15. The standard InChI is InChI=1S/C22H20FNO4/c1-12-19(22(26)27-2)21(18-4-3-9-28-18)20-16(24-12)10-14(11-17(20)25)13-5-7-15(23)8-6-13/h3-9,14,21,24H,10-11H2,1-2H3/t14-,21-/m1/s1. The van der Waals surface area contributed by atoms with Crippen molar-refractivity contribution in [1.29, 1.82) is 0 Å². The van der Waals surface area contributed by atoms with E-state index >= 15 is 0 Å². The molecule has 2 aliphatic rings. The number of ketones is 1. The molecule has 2 heterocycles. The van der Waals surface area contributed by atoms with E-state index in [1.165, 1.54) is 25.5 Å². The minimum Gasteiger partial charge on any atom is -0.468 e. The molecule has 2 atom stereocenters. The summed E-state index contributed by atoms with van der Waals surface area (Å²) >= 11 is 0. The van der Waals surface area contributed by atoms with E-state index in [0.717, 1.165) is 11.3 Å². The van der Waals surface area contributed by atoms with Crippen LogP contribution in [-0.4, -0.2) is 18.9 Å². The molecule has 0 bridgehead atoms. The molecular weight excluding hydrogens is 361 g/mol. The normalized spacial score (nSPS) is 22.0. The summed E-state index contributed by atoms with van der Waals surface area (Å²) in [4.78, 5) is 25.6. The molecule has 0 fully saturated rings. The smallest absolute Gasteiger partial charge is 0.336 e. The number of Topliss-reactive ketones (excluding diaryl/α,β-unsaturated/α-hetero) is 1. The number of furan rings is 1. The first-order valence-electron chi connectivity index (χ1n) is 9.10. The third-order valence-electron chi connectivity index (χ3n) is 5.40. The fourth-order valence-electron chi connectivity index (χ4n) is 4.13. The number of halogens is 1. The predicted octanol–water partition coefficient (Wildman–Crippen LogP) is 3.95. The fraction of sp³-hybridized carbons (Fsp3) is 0.273. The quantitative estimate of drug-likeness (QED) is 0.816. The van der Waals surface area contributed by atoms with Gasteiger partial charge in [0.25, 0.3) is 0 Å². The molecule has 0 radical (unpaired) electrons. The molecule has 2 aromatic rings. The lowest BCUT2D eigenvalue weighted by Gasteiger charge is -2.35. The lowest BCUT2D eigenvalue weighted by atomic mass is 9.73. The molecule has 1 aliphatic carbocycles. The van der Waals surface area contributed by atoms with Gasteiger partial charge in [0.1, 0.15) is 11.6 Å². The Balaban J connectivity index is 1.77. The second-order valence-corrected chi connectivity index (χ2v) is 7.08. The van der Waals surface area contributed by atoms with Crippen LogP contribution >= 0.6 is 0 Å². The molecule has 5 nitrogen and oxygen atoms in total. The van der Waals surface area contributed by atoms with Gasteiger partial charge in [-0.2, -0.15) is 0 Å². The summed E-state index contributed by atoms with van der Waals surface area (Å²) in [6.07, 6.45) is 2.41. The van der Waals surface area contributed by atoms with E-state index < -0.39 is 11.9 Å². The van der Waals surface area contributed by atoms with Crippen LogP contribution in [0.25, 0.3) is 0 Å². The number of rotatable bonds is 3. The first-order chi connectivity index (χ1) is 13.5. The van der Waals surface area contributed by atoms with Crippen LogP contribution < -0.4 is 5.32 Å². The van der Waals surface area contributed by atoms with Crippen LogP contribution in [0.5, 0.6) is 0 Å². The summed E-state index contributed by atoms with van der Waals surface area (Å²) in [6.45, 7) is 1.79. The maximum atomic E-state index is 13.3. The van der Waals surface area contributed by atoms with E-state index in [1.54, 1.807) is 31.2 Å². The second kappa shape index (κ2) is 7.11. The Bertz CT molecular complexity index is 986. The number of hydrogen-bond donors (Lipinski definition) is 1. The summed E-state index contributed by atoms with van der Waals surface area (Å²) in [7, 11) is 1.32. The van der Waals surface area contributed by atoms with Crippen LogP contribution in [-0.2, 0) is 14.3 Å². The van der Waals surface area contributed by atoms with Crippen molar-refractivity contribution in [3.8, 4) is 0 Å². The van der Waals surface area contributed by atoms with Crippen LogP contribution in [0, 0.1) is 5.82 Å². The van der Waals surface area contributed by atoms with E-state index in [-0.39, 0.29) is 23.9 Å². The molecule has 0 amide bonds. The van der Waals surface area contributed by atoms with Crippen molar-refractivity contribution in [3.63, 3.8) is 0 Å². The number of esters is 1. The largest absolute Gasteiger partial charge is 0.468 e. The first-order valence-corrected chi connectivity index (χ1v) is 9.10. The molecular formula is C22H20FNO4. The SMILES string of the molecule is COC(=O)C1=C(C)NC2=C(C(=O)C[C@H](c3ccc(F)cc3)C2)[C@@H]1c1ccco1. The molecule has 0 saturated heterocycles. The van der Waals surface area contributed by atoms with E-state index in [4.69, 9.17) is 9.15 Å². The third kappa shape index (κ3) is 3.05. The van der Waals surface area contributed by atoms with Gasteiger partial charge in [-0.15, -0.1) is 0 Å². The highest BCUT2D eigenvalue weighted by atomic mass is 19.1. The number of dihydropyridines is 1. The summed E-state index contributed by atoms with van der Waals surface area (Å²) in [5.41, 5.74) is 3.25. The number of methoxy groups -OCH3 is 1. The van der Waals surface area contributed by atoms with Crippen LogP contribution in [0.1, 0.15) is 42.9 Å². The molecule has 0 spiro atoms. The van der Waals surface area contributed by atoms with E-state index in [1.807, 2.05) is 0 Å². The van der Waals surface area contributed by atoms with Crippen molar-refractivity contribution >= 4 is 11.8 Å². The molecule has 0 saturated carbocycles. The van der Waals surface area contributed by atoms with Gasteiger partial charge in [-0.25, -0.2) is 9.18 Å². The monoisotopic (exact) mass is 381 g/mol. The lowest BCUT2D eigenvalue weighted by molar-refractivity contribution is -0.136. The van der Waals surface area contributed by atoms with E-state index in [0.29, 0.717) is 29.0 Å². The Labute approximate surface area is 161 Å². The van der Waals surface area contributed by atoms with Crippen molar-refractivity contribution in [2.45, 2.75) is 31.6 Å². The fourth-order valence-corrected chi connectivity index (χ4v) is 4.13. The molecule has 1 N–H and O–H groups in total. The highest BCUT2D eigenvalue weighted by Gasteiger charge is 2.42. The van der Waals surface area contributed by atoms with E-state index in [9.17, 15) is 14.0 Å². The zero-order valence-corrected chi connectivity index (χ0v) is 15.6. The van der Waals surface area contributed by atoms with Gasteiger partial charge in [0.15, 0.2) is 5.78 Å². The number of nitrogens with one attached hydrogen (secondary N) is 1. The summed E-state index contributed by atoms with van der Waals surface area (Å²) < 4.78 is 23.8. The molecule has 4 rings (SSSR count). The van der Waals surface area contributed by atoms with Crippen molar-refractivity contribution in [3.05, 3.63) is 82.3 Å². The van der Waals surface area contributed by atoms with Gasteiger partial charge in [-0.3, -0.25) is 4.79 Å². The average Bonchev–Trinajstić information content (AvgIpc) is 3.21. The number of carbonyl (C=O) groups excluding carboxylic acids is 2. The zero-order chi connectivity index (χ0) is 19.8. The molecule has 1 aromatic heterocycles. The third-order valence-corrected chi connectivity index (χ3v) is 5.40. The maximum Gasteiger partial charge on any atom is 0.336 e. The topological polar surface area (TPSA) is 68.5 Å². The van der Waals surface area contributed by atoms with Gasteiger partial charge >= 0.3 is 5.97 Å². The Kier molecular flexibility index (Phi) is 4.63. The number of carbonyl (C=O) groups is 2. The number of ether oxygens (including phenoxy) is 1. The van der Waals surface area contributed by atoms with Crippen molar-refractivity contribution < 1.29 is 23.1 Å². The van der Waals surface area contributed by atoms with E-state index in [2.05, 4.69) is 5.32 Å². The zero-order valence-electron chi connectivity index (χ0n) is 15.6. The minimum absolute atomic E-state index is 0.0518. The van der Waals surface area contributed by atoms with Gasteiger partial charge in [0, 0.05) is 23.4 Å². The molecule has 6 heteroatoms. The molecule has 28 heavy (non-hydrogen) atoms. The highest BCUT2D eigenvalue weighted by molar-refractivity contribution is 6.04. The summed E-state index contributed by atoms with van der Waals surface area (Å²) in [5, 5.41) is 3.24. The predicted molar refractivity (Wildman–Crippen MR) is 99.7 cm³/mol. The van der Waals surface area contributed by atoms with Crippen molar-refractivity contribution in [2.75, 3.05) is 7.11 Å². The van der Waals surface area contributed by atoms with Gasteiger partial charge < -0.3 is 14.5 Å². The van der Waals surface area contributed by atoms with Gasteiger partial charge in [-0.05, 0) is 49.1 Å². The molecule has 144 valence electrons. The number of benzene rings is 1. The average molecular weight is 381 g/mol. The van der Waals surface area contributed by atoms with Crippen molar-refractivity contribution in [1.82, 2.24) is 5.32 Å². The van der Waals surface area contributed by atoms with Gasteiger partial charge in [0.05, 0.1) is 24.9 Å². The van der Waals surface area contributed by atoms with Crippen LogP contribution in [0.2, 0.25) is 0 Å². The Morgan fingerprint density at radius 1 is 1.21 bits per heavy atom. The van der Waals surface area contributed by atoms with Crippen molar-refractivity contribution in [2.24, 2.45) is 0 Å². The van der Waals surface area contributed by atoms with Crippen LogP contribution in [0.15, 0.2) is 69.6 Å². The van der Waals surface area contributed by atoms with Crippen LogP contribution in [0.4, 0.5) is 4.39 Å². The second-order valence-electron chi connectivity index (χ2n) is 7.08. The molecule has 0 unspecified atom stereocenters. The first kappa shape index (κ1) is 18.2. The number of hydrogen-bond acceptors (Lipinski definition) is 5. The van der Waals surface area contributed by atoms with Crippen LogP contribution in [0.3, 0.4) is 0 Å². The van der Waals surface area contributed by atoms with Gasteiger partial charge in [0.2, 0.25) is 0 Å². The highest BCUT2D eigenvalue weighted by Crippen LogP contribution is 2.45. The number of allylic oxidation sites excluding steroid dienone is 3. The summed E-state index contributed by atoms with van der Waals surface area (Å²) in [5.74, 6) is -0.975. The Morgan fingerprint density at radius 2 is 1.96 bits per heavy atom. The lowest BCUT2D eigenvalue weighted by Crippen LogP contribution is -2.35. The molecule has 1 aliphatic heterocycles. The van der Waals surface area contributed by atoms with Gasteiger partial charge in [-0.1, -0.05) is 12.1 Å². The maximum absolute atomic E-state index is 13.3. The molecule has 1 aromatic carbocycles. The summed E-state index contributed by atoms with van der Waals surface area (Å²) in [6, 6.07) is 9.74. The Morgan fingerprint density at radius 3 is 2.61 bits per heavy atom.